The number of benzene rings is 1. The molecule has 5 heteroatoms. The highest BCUT2D eigenvalue weighted by molar-refractivity contribution is 5.87. The summed E-state index contributed by atoms with van der Waals surface area (Å²) in [5.41, 5.74) is 1.93. The van der Waals surface area contributed by atoms with Crippen molar-refractivity contribution in [1.29, 1.82) is 0 Å². The molecular formula is C24H32N2O3. The van der Waals surface area contributed by atoms with Crippen molar-refractivity contribution in [3.05, 3.63) is 77.1 Å². The Balaban J connectivity index is 2.04. The Labute approximate surface area is 172 Å². The number of allylic oxidation sites excluding steroid dienone is 4. The van der Waals surface area contributed by atoms with Crippen LogP contribution in [0.15, 0.2) is 66.0 Å². The van der Waals surface area contributed by atoms with Gasteiger partial charge in [0.25, 0.3) is 0 Å². The van der Waals surface area contributed by atoms with E-state index >= 15 is 0 Å². The molecule has 1 aromatic heterocycles. The van der Waals surface area contributed by atoms with Crippen molar-refractivity contribution in [1.82, 2.24) is 10.3 Å². The lowest BCUT2D eigenvalue weighted by atomic mass is 9.80. The van der Waals surface area contributed by atoms with Gasteiger partial charge in [0.05, 0.1) is 11.6 Å². The number of aliphatic hydroxyl groups is 1. The number of aromatic nitrogens is 1. The third-order valence-corrected chi connectivity index (χ3v) is 5.06. The first kappa shape index (κ1) is 22.7. The van der Waals surface area contributed by atoms with Crippen molar-refractivity contribution in [2.45, 2.75) is 45.8 Å². The molecule has 0 bridgehead atoms. The first-order valence-electron chi connectivity index (χ1n) is 9.87. The van der Waals surface area contributed by atoms with Gasteiger partial charge in [0, 0.05) is 24.0 Å². The summed E-state index contributed by atoms with van der Waals surface area (Å²) >= 11 is 0. The van der Waals surface area contributed by atoms with Crippen molar-refractivity contribution in [2.75, 3.05) is 6.54 Å². The van der Waals surface area contributed by atoms with Crippen LogP contribution in [0.25, 0.3) is 10.9 Å². The quantitative estimate of drug-likeness (QED) is 0.450. The highest BCUT2D eigenvalue weighted by atomic mass is 16.3. The highest BCUT2D eigenvalue weighted by Gasteiger charge is 2.23. The summed E-state index contributed by atoms with van der Waals surface area (Å²) in [6, 6.07) is 6.39. The second-order valence-corrected chi connectivity index (χ2v) is 8.34. The summed E-state index contributed by atoms with van der Waals surface area (Å²) in [5.74, 6) is -0.0117. The van der Waals surface area contributed by atoms with Crippen LogP contribution < -0.4 is 10.9 Å². The number of phenolic OH excluding ortho intramolecular Hbond substituents is 1. The molecular weight excluding hydrogens is 364 g/mol. The minimum atomic E-state index is -0.765. The Hall–Kier alpha value is -2.63. The predicted octanol–water partition coefficient (Wildman–Crippen LogP) is 4.35. The highest BCUT2D eigenvalue weighted by Crippen LogP contribution is 2.32. The van der Waals surface area contributed by atoms with Crippen LogP contribution in [0.4, 0.5) is 0 Å². The number of hydrogen-bond donors (Lipinski definition) is 4. The van der Waals surface area contributed by atoms with Gasteiger partial charge in [-0.1, -0.05) is 51.3 Å². The molecule has 2 rings (SSSR count). The number of fused-ring (bicyclic) bond motifs is 1. The van der Waals surface area contributed by atoms with Crippen molar-refractivity contribution in [3.63, 3.8) is 0 Å². The predicted molar refractivity (Wildman–Crippen MR) is 120 cm³/mol. The number of nitrogens with one attached hydrogen (secondary N) is 2. The molecule has 0 aliphatic heterocycles. The van der Waals surface area contributed by atoms with Crippen LogP contribution in [0.3, 0.4) is 0 Å². The normalized spacial score (nSPS) is 14.6. The van der Waals surface area contributed by atoms with E-state index in [-0.39, 0.29) is 22.8 Å². The van der Waals surface area contributed by atoms with Gasteiger partial charge in [0.2, 0.25) is 5.56 Å². The first-order valence-corrected chi connectivity index (χ1v) is 9.87. The first-order chi connectivity index (χ1) is 13.7. The van der Waals surface area contributed by atoms with E-state index in [9.17, 15) is 15.0 Å². The SMILES string of the molecule is C=C/C=C(\C=C)CC(C)(C)CC(C)NC[C@H](O)c1ccc(O)c2[nH]c(=O)ccc12. The molecule has 156 valence electrons. The van der Waals surface area contributed by atoms with Crippen LogP contribution in [0, 0.1) is 5.41 Å². The van der Waals surface area contributed by atoms with Gasteiger partial charge in [-0.2, -0.15) is 0 Å². The zero-order valence-electron chi connectivity index (χ0n) is 17.5. The maximum absolute atomic E-state index is 11.5. The van der Waals surface area contributed by atoms with Crippen molar-refractivity contribution >= 4 is 10.9 Å². The average molecular weight is 397 g/mol. The van der Waals surface area contributed by atoms with Gasteiger partial charge >= 0.3 is 0 Å². The van der Waals surface area contributed by atoms with Crippen molar-refractivity contribution < 1.29 is 10.2 Å². The van der Waals surface area contributed by atoms with E-state index in [4.69, 9.17) is 0 Å². The van der Waals surface area contributed by atoms with Gasteiger partial charge in [-0.3, -0.25) is 4.79 Å². The zero-order chi connectivity index (χ0) is 21.6. The van der Waals surface area contributed by atoms with Crippen LogP contribution in [-0.2, 0) is 0 Å². The lowest BCUT2D eigenvalue weighted by Gasteiger charge is -2.29. The molecule has 2 atom stereocenters. The standard InChI is InChI=1S/C24H32N2O3/c1-6-8-17(7-2)14-24(4,5)13-16(3)25-15-21(28)18-9-11-20(27)23-19(18)10-12-22(29)26-23/h6-12,16,21,25,27-28H,1-2,13-15H2,3-5H3,(H,26,29)/b17-8+/t16?,21-/m0/s1. The van der Waals surface area contributed by atoms with Gasteiger partial charge in [-0.05, 0) is 48.4 Å². The summed E-state index contributed by atoms with van der Waals surface area (Å²) in [7, 11) is 0. The topological polar surface area (TPSA) is 85.3 Å². The third kappa shape index (κ3) is 6.17. The summed E-state index contributed by atoms with van der Waals surface area (Å²) in [6.07, 6.45) is 6.68. The van der Waals surface area contributed by atoms with E-state index in [1.807, 2.05) is 12.2 Å². The van der Waals surface area contributed by atoms with E-state index in [0.717, 1.165) is 18.4 Å². The minimum Gasteiger partial charge on any atom is -0.506 e. The molecule has 0 saturated heterocycles. The molecule has 0 fully saturated rings. The van der Waals surface area contributed by atoms with Gasteiger partial charge in [-0.25, -0.2) is 0 Å². The average Bonchev–Trinajstić information content (AvgIpc) is 2.66. The Morgan fingerprint density at radius 2 is 2.00 bits per heavy atom. The fourth-order valence-electron chi connectivity index (χ4n) is 3.85. The number of aliphatic hydroxyl groups excluding tert-OH is 1. The van der Waals surface area contributed by atoms with Crippen LogP contribution in [0.1, 0.15) is 45.3 Å². The molecule has 2 aromatic rings. The van der Waals surface area contributed by atoms with Crippen LogP contribution in [0.5, 0.6) is 5.75 Å². The molecule has 1 heterocycles. The Kier molecular flexibility index (Phi) is 7.59. The lowest BCUT2D eigenvalue weighted by molar-refractivity contribution is 0.166. The monoisotopic (exact) mass is 396 g/mol. The summed E-state index contributed by atoms with van der Waals surface area (Å²) in [5, 5.41) is 24.7. The van der Waals surface area contributed by atoms with E-state index in [1.54, 1.807) is 18.2 Å². The Morgan fingerprint density at radius 1 is 1.28 bits per heavy atom. The maximum atomic E-state index is 11.5. The second-order valence-electron chi connectivity index (χ2n) is 8.34. The molecule has 0 spiro atoms. The molecule has 5 nitrogen and oxygen atoms in total. The number of aromatic amines is 1. The Bertz CT molecular complexity index is 956. The number of aromatic hydroxyl groups is 1. The largest absolute Gasteiger partial charge is 0.506 e. The van der Waals surface area contributed by atoms with Crippen molar-refractivity contribution in [2.24, 2.45) is 5.41 Å². The molecule has 0 radical (unpaired) electrons. The van der Waals surface area contributed by atoms with E-state index in [2.05, 4.69) is 44.2 Å². The fraction of sp³-hybridized carbons (Fsp3) is 0.375. The van der Waals surface area contributed by atoms with Gasteiger partial charge in [0.15, 0.2) is 0 Å². The van der Waals surface area contributed by atoms with E-state index in [0.29, 0.717) is 23.0 Å². The molecule has 1 aromatic carbocycles. The van der Waals surface area contributed by atoms with Crippen LogP contribution in [-0.4, -0.2) is 27.8 Å². The van der Waals surface area contributed by atoms with Crippen LogP contribution in [0.2, 0.25) is 0 Å². The van der Waals surface area contributed by atoms with Gasteiger partial charge < -0.3 is 20.5 Å². The zero-order valence-corrected chi connectivity index (χ0v) is 17.5. The smallest absolute Gasteiger partial charge is 0.248 e. The number of H-pyrrole nitrogens is 1. The summed E-state index contributed by atoms with van der Waals surface area (Å²) in [6.45, 7) is 14.5. The summed E-state index contributed by atoms with van der Waals surface area (Å²) in [4.78, 5) is 14.2. The number of phenols is 1. The molecule has 4 N–H and O–H groups in total. The van der Waals surface area contributed by atoms with E-state index < -0.39 is 6.10 Å². The van der Waals surface area contributed by atoms with Gasteiger partial charge in [0.1, 0.15) is 5.75 Å². The maximum Gasteiger partial charge on any atom is 0.248 e. The van der Waals surface area contributed by atoms with Crippen molar-refractivity contribution in [3.8, 4) is 5.75 Å². The second kappa shape index (κ2) is 9.72. The number of pyridine rings is 1. The lowest BCUT2D eigenvalue weighted by Crippen LogP contribution is -2.34. The minimum absolute atomic E-state index is 0.0117. The van der Waals surface area contributed by atoms with E-state index in [1.165, 1.54) is 12.1 Å². The fourth-order valence-corrected chi connectivity index (χ4v) is 3.85. The van der Waals surface area contributed by atoms with Crippen LogP contribution >= 0.6 is 0 Å². The molecule has 29 heavy (non-hydrogen) atoms. The molecule has 0 aliphatic rings. The van der Waals surface area contributed by atoms with Gasteiger partial charge in [-0.15, -0.1) is 0 Å². The molecule has 0 amide bonds. The number of rotatable bonds is 10. The molecule has 0 saturated carbocycles. The Morgan fingerprint density at radius 3 is 2.66 bits per heavy atom. The number of hydrogen-bond acceptors (Lipinski definition) is 4. The molecule has 0 aliphatic carbocycles. The molecule has 1 unspecified atom stereocenters. The summed E-state index contributed by atoms with van der Waals surface area (Å²) < 4.78 is 0. The third-order valence-electron chi connectivity index (χ3n) is 5.06.